The second-order valence-electron chi connectivity index (χ2n) is 9.58. The standard InChI is InChI=1S/C27H34N2O4.C2H6/c1-18-12-19(2)26(24(13-18)33-17-30)27(3,4)15-25(31)29-16-20(10-11-28(5)6)22-9-8-21(32-7)14-23(22)29;1-2/h8-9,12-14,16-17H,10-11,15H2,1-7H3;1-2H3. The lowest BCUT2D eigenvalue weighted by molar-refractivity contribution is -0.120. The fourth-order valence-electron chi connectivity index (χ4n) is 4.65. The molecule has 0 radical (unpaired) electrons. The third kappa shape index (κ3) is 6.51. The summed E-state index contributed by atoms with van der Waals surface area (Å²) in [5, 5.41) is 1.06. The van der Waals surface area contributed by atoms with Gasteiger partial charge < -0.3 is 14.4 Å². The third-order valence-corrected chi connectivity index (χ3v) is 6.08. The van der Waals surface area contributed by atoms with E-state index in [0.29, 0.717) is 18.0 Å². The molecule has 0 bridgehead atoms. The molecule has 0 saturated heterocycles. The minimum atomic E-state index is -0.549. The number of methoxy groups -OCH3 is 1. The molecule has 0 N–H and O–H groups in total. The van der Waals surface area contributed by atoms with E-state index in [1.807, 2.05) is 86.1 Å². The van der Waals surface area contributed by atoms with Crippen LogP contribution in [-0.2, 0) is 16.6 Å². The van der Waals surface area contributed by atoms with Crippen molar-refractivity contribution < 1.29 is 19.1 Å². The van der Waals surface area contributed by atoms with E-state index in [2.05, 4.69) is 11.0 Å². The molecular formula is C29H40N2O4. The Hall–Kier alpha value is -3.12. The van der Waals surface area contributed by atoms with Crippen molar-refractivity contribution in [1.82, 2.24) is 9.47 Å². The highest BCUT2D eigenvalue weighted by Gasteiger charge is 2.31. The van der Waals surface area contributed by atoms with Crippen molar-refractivity contribution in [3.63, 3.8) is 0 Å². The Morgan fingerprint density at radius 3 is 2.40 bits per heavy atom. The number of carbonyl (C=O) groups is 2. The summed E-state index contributed by atoms with van der Waals surface area (Å²) < 4.78 is 12.5. The average molecular weight is 481 g/mol. The van der Waals surface area contributed by atoms with Crippen LogP contribution in [0.5, 0.6) is 11.5 Å². The van der Waals surface area contributed by atoms with Crippen molar-refractivity contribution in [2.45, 2.75) is 59.8 Å². The Bertz CT molecular complexity index is 1180. The molecule has 35 heavy (non-hydrogen) atoms. The first-order valence-corrected chi connectivity index (χ1v) is 12.2. The van der Waals surface area contributed by atoms with Gasteiger partial charge in [0.2, 0.25) is 5.91 Å². The number of carbonyl (C=O) groups excluding carboxylic acids is 2. The monoisotopic (exact) mass is 480 g/mol. The van der Waals surface area contributed by atoms with E-state index in [1.54, 1.807) is 11.7 Å². The lowest BCUT2D eigenvalue weighted by atomic mass is 9.78. The lowest BCUT2D eigenvalue weighted by Gasteiger charge is -2.28. The largest absolute Gasteiger partial charge is 0.497 e. The highest BCUT2D eigenvalue weighted by molar-refractivity contribution is 5.95. The normalized spacial score (nSPS) is 11.3. The van der Waals surface area contributed by atoms with Crippen LogP contribution in [0.4, 0.5) is 0 Å². The fourth-order valence-corrected chi connectivity index (χ4v) is 4.65. The Kier molecular flexibility index (Phi) is 9.66. The molecule has 190 valence electrons. The maximum atomic E-state index is 13.6. The van der Waals surface area contributed by atoms with Gasteiger partial charge in [0.15, 0.2) is 0 Å². The van der Waals surface area contributed by atoms with Crippen LogP contribution in [0.2, 0.25) is 0 Å². The molecule has 0 spiro atoms. The van der Waals surface area contributed by atoms with E-state index in [4.69, 9.17) is 9.47 Å². The highest BCUT2D eigenvalue weighted by Crippen LogP contribution is 2.38. The van der Waals surface area contributed by atoms with Crippen molar-refractivity contribution in [3.05, 3.63) is 58.8 Å². The van der Waals surface area contributed by atoms with Gasteiger partial charge in [-0.15, -0.1) is 0 Å². The number of benzene rings is 2. The zero-order valence-corrected chi connectivity index (χ0v) is 22.7. The van der Waals surface area contributed by atoms with Crippen molar-refractivity contribution in [1.29, 1.82) is 0 Å². The fraction of sp³-hybridized carbons (Fsp3) is 0.448. The number of rotatable bonds is 9. The second kappa shape index (κ2) is 12.0. The molecule has 0 amide bonds. The number of hydrogen-bond donors (Lipinski definition) is 0. The number of ether oxygens (including phenoxy) is 2. The average Bonchev–Trinajstić information content (AvgIpc) is 3.16. The van der Waals surface area contributed by atoms with E-state index in [1.165, 1.54) is 0 Å². The van der Waals surface area contributed by atoms with Crippen molar-refractivity contribution >= 4 is 23.3 Å². The zero-order valence-electron chi connectivity index (χ0n) is 22.7. The lowest BCUT2D eigenvalue weighted by Crippen LogP contribution is -2.26. The topological polar surface area (TPSA) is 60.8 Å². The first kappa shape index (κ1) is 28.1. The molecule has 1 heterocycles. The summed E-state index contributed by atoms with van der Waals surface area (Å²) in [7, 11) is 5.71. The van der Waals surface area contributed by atoms with Gasteiger partial charge in [0, 0.05) is 41.6 Å². The number of fused-ring (bicyclic) bond motifs is 1. The first-order chi connectivity index (χ1) is 16.6. The second-order valence-corrected chi connectivity index (χ2v) is 9.58. The van der Waals surface area contributed by atoms with Gasteiger partial charge in [0.25, 0.3) is 6.47 Å². The number of hydrogen-bond acceptors (Lipinski definition) is 5. The van der Waals surface area contributed by atoms with Gasteiger partial charge in [-0.1, -0.05) is 33.8 Å². The van der Waals surface area contributed by atoms with Crippen molar-refractivity contribution in [2.75, 3.05) is 27.7 Å². The number of aromatic nitrogens is 1. The Labute approximate surface area is 209 Å². The van der Waals surface area contributed by atoms with Gasteiger partial charge in [-0.3, -0.25) is 14.2 Å². The van der Waals surface area contributed by atoms with Crippen molar-refractivity contribution in [3.8, 4) is 11.5 Å². The van der Waals surface area contributed by atoms with Crippen LogP contribution in [0.15, 0.2) is 36.5 Å². The van der Waals surface area contributed by atoms with Crippen LogP contribution in [0.1, 0.15) is 61.2 Å². The van der Waals surface area contributed by atoms with E-state index in [0.717, 1.165) is 46.1 Å². The van der Waals surface area contributed by atoms with E-state index >= 15 is 0 Å². The molecule has 0 aliphatic carbocycles. The molecule has 3 aromatic rings. The minimum Gasteiger partial charge on any atom is -0.497 e. The first-order valence-electron chi connectivity index (χ1n) is 12.2. The molecule has 1 aromatic heterocycles. The molecule has 0 aliphatic rings. The quantitative estimate of drug-likeness (QED) is 0.355. The van der Waals surface area contributed by atoms with E-state index in [-0.39, 0.29) is 12.3 Å². The summed E-state index contributed by atoms with van der Waals surface area (Å²) in [4.78, 5) is 26.9. The van der Waals surface area contributed by atoms with Gasteiger partial charge in [0.1, 0.15) is 11.5 Å². The molecule has 0 aliphatic heterocycles. The molecule has 0 saturated carbocycles. The summed E-state index contributed by atoms with van der Waals surface area (Å²) in [5.41, 5.74) is 4.29. The van der Waals surface area contributed by atoms with Gasteiger partial charge in [-0.2, -0.15) is 0 Å². The summed E-state index contributed by atoms with van der Waals surface area (Å²) in [6, 6.07) is 9.76. The van der Waals surface area contributed by atoms with Crippen LogP contribution in [0.25, 0.3) is 10.9 Å². The Morgan fingerprint density at radius 2 is 1.80 bits per heavy atom. The van der Waals surface area contributed by atoms with Crippen LogP contribution < -0.4 is 9.47 Å². The molecule has 3 rings (SSSR count). The van der Waals surface area contributed by atoms with Gasteiger partial charge in [-0.05, 0) is 69.3 Å². The van der Waals surface area contributed by atoms with E-state index < -0.39 is 5.41 Å². The summed E-state index contributed by atoms with van der Waals surface area (Å²) in [5.74, 6) is 1.20. The van der Waals surface area contributed by atoms with E-state index in [9.17, 15) is 9.59 Å². The zero-order chi connectivity index (χ0) is 26.3. The Balaban J connectivity index is 0.00000210. The van der Waals surface area contributed by atoms with Gasteiger partial charge >= 0.3 is 0 Å². The minimum absolute atomic E-state index is 0.0219. The van der Waals surface area contributed by atoms with Crippen LogP contribution >= 0.6 is 0 Å². The van der Waals surface area contributed by atoms with Gasteiger partial charge in [0.05, 0.1) is 12.6 Å². The van der Waals surface area contributed by atoms with Crippen LogP contribution in [0.3, 0.4) is 0 Å². The molecule has 6 nitrogen and oxygen atoms in total. The SMILES string of the molecule is CC.COc1ccc2c(CCN(C)C)cn(C(=O)CC(C)(C)c3c(C)cc(C)cc3OC=O)c2c1. The number of aryl methyl sites for hydroxylation is 2. The van der Waals surface area contributed by atoms with Gasteiger partial charge in [-0.25, -0.2) is 0 Å². The summed E-state index contributed by atoms with van der Waals surface area (Å²) in [6.45, 7) is 13.3. The molecule has 0 unspecified atom stereocenters. The predicted molar refractivity (Wildman–Crippen MR) is 143 cm³/mol. The smallest absolute Gasteiger partial charge is 0.298 e. The highest BCUT2D eigenvalue weighted by atomic mass is 16.5. The molecule has 0 atom stereocenters. The van der Waals surface area contributed by atoms with Crippen LogP contribution in [0, 0.1) is 13.8 Å². The van der Waals surface area contributed by atoms with Crippen molar-refractivity contribution in [2.24, 2.45) is 0 Å². The maximum absolute atomic E-state index is 13.6. The summed E-state index contributed by atoms with van der Waals surface area (Å²) in [6.07, 6.45) is 3.05. The molecule has 2 aromatic carbocycles. The maximum Gasteiger partial charge on any atom is 0.298 e. The number of likely N-dealkylation sites (N-methyl/N-ethyl adjacent to an activating group) is 1. The molecule has 0 fully saturated rings. The molecular weight excluding hydrogens is 440 g/mol. The predicted octanol–water partition coefficient (Wildman–Crippen LogP) is 5.94. The molecule has 6 heteroatoms. The number of nitrogens with zero attached hydrogens (tertiary/aromatic N) is 2. The van der Waals surface area contributed by atoms with Crippen LogP contribution in [-0.4, -0.2) is 49.6 Å². The third-order valence-electron chi connectivity index (χ3n) is 6.08. The Morgan fingerprint density at radius 1 is 1.11 bits per heavy atom. The summed E-state index contributed by atoms with van der Waals surface area (Å²) >= 11 is 0.